The SMILES string of the molecule is CCC(C)N1CCC(c2c[nH]c3ccc(NC(=O)c4ccco4)cc23)CC1. The summed E-state index contributed by atoms with van der Waals surface area (Å²) < 4.78 is 5.17. The molecular weight excluding hydrogens is 338 g/mol. The molecule has 3 aromatic rings. The fourth-order valence-electron chi connectivity index (χ4n) is 4.07. The van der Waals surface area contributed by atoms with E-state index in [2.05, 4.69) is 41.3 Å². The highest BCUT2D eigenvalue weighted by molar-refractivity contribution is 6.03. The summed E-state index contributed by atoms with van der Waals surface area (Å²) in [6, 6.07) is 10.1. The summed E-state index contributed by atoms with van der Waals surface area (Å²) >= 11 is 0. The highest BCUT2D eigenvalue weighted by Gasteiger charge is 2.24. The number of piperidine rings is 1. The molecule has 142 valence electrons. The van der Waals surface area contributed by atoms with Gasteiger partial charge in [-0.25, -0.2) is 0 Å². The number of H-pyrrole nitrogens is 1. The second kappa shape index (κ2) is 7.61. The van der Waals surface area contributed by atoms with E-state index in [0.717, 1.165) is 24.3 Å². The number of rotatable bonds is 5. The van der Waals surface area contributed by atoms with Gasteiger partial charge in [-0.15, -0.1) is 0 Å². The monoisotopic (exact) mass is 365 g/mol. The molecule has 2 aromatic heterocycles. The van der Waals surface area contributed by atoms with Crippen LogP contribution in [0.1, 0.15) is 55.1 Å². The molecule has 1 aliphatic heterocycles. The first kappa shape index (κ1) is 17.9. The molecule has 0 bridgehead atoms. The summed E-state index contributed by atoms with van der Waals surface area (Å²) in [5.74, 6) is 0.662. The fourth-order valence-corrected chi connectivity index (χ4v) is 4.07. The van der Waals surface area contributed by atoms with E-state index in [1.807, 2.05) is 12.1 Å². The maximum Gasteiger partial charge on any atom is 0.291 e. The van der Waals surface area contributed by atoms with E-state index >= 15 is 0 Å². The lowest BCUT2D eigenvalue weighted by Gasteiger charge is -2.35. The number of carbonyl (C=O) groups excluding carboxylic acids is 1. The molecule has 1 amide bonds. The minimum absolute atomic E-state index is 0.224. The molecule has 1 fully saturated rings. The summed E-state index contributed by atoms with van der Waals surface area (Å²) in [5, 5.41) is 4.13. The minimum Gasteiger partial charge on any atom is -0.459 e. The van der Waals surface area contributed by atoms with Crippen LogP contribution >= 0.6 is 0 Å². The molecule has 0 aliphatic carbocycles. The van der Waals surface area contributed by atoms with Crippen molar-refractivity contribution in [3.8, 4) is 0 Å². The summed E-state index contributed by atoms with van der Waals surface area (Å²) in [5.41, 5.74) is 3.27. The van der Waals surface area contributed by atoms with Crippen molar-refractivity contribution < 1.29 is 9.21 Å². The standard InChI is InChI=1S/C22H27N3O2/c1-3-15(2)25-10-8-16(9-11-25)19-14-23-20-7-6-17(13-18(19)20)24-22(26)21-5-4-12-27-21/h4-7,12-16,23H,3,8-11H2,1-2H3,(H,24,26). The number of furan rings is 1. The quantitative estimate of drug-likeness (QED) is 0.669. The van der Waals surface area contributed by atoms with Crippen LogP contribution in [0.15, 0.2) is 47.2 Å². The van der Waals surface area contributed by atoms with Crippen molar-refractivity contribution in [2.45, 2.75) is 45.1 Å². The zero-order chi connectivity index (χ0) is 18.8. The number of amides is 1. The lowest BCUT2D eigenvalue weighted by molar-refractivity contribution is 0.0996. The van der Waals surface area contributed by atoms with E-state index in [1.54, 1.807) is 12.1 Å². The molecule has 2 N–H and O–H groups in total. The molecule has 1 unspecified atom stereocenters. The van der Waals surface area contributed by atoms with Crippen molar-refractivity contribution in [1.82, 2.24) is 9.88 Å². The van der Waals surface area contributed by atoms with Crippen LogP contribution < -0.4 is 5.32 Å². The molecule has 0 radical (unpaired) electrons. The first-order valence-corrected chi connectivity index (χ1v) is 9.85. The van der Waals surface area contributed by atoms with Crippen LogP contribution in [0.3, 0.4) is 0 Å². The smallest absolute Gasteiger partial charge is 0.291 e. The van der Waals surface area contributed by atoms with Gasteiger partial charge in [-0.05, 0) is 81.1 Å². The molecule has 1 aromatic carbocycles. The Bertz CT molecular complexity index is 905. The lowest BCUT2D eigenvalue weighted by Crippen LogP contribution is -2.39. The second-order valence-corrected chi connectivity index (χ2v) is 7.50. The first-order chi connectivity index (χ1) is 13.2. The predicted molar refractivity (Wildman–Crippen MR) is 108 cm³/mol. The molecule has 3 heterocycles. The Balaban J connectivity index is 1.52. The Morgan fingerprint density at radius 2 is 2.15 bits per heavy atom. The van der Waals surface area contributed by atoms with Crippen molar-refractivity contribution in [3.05, 3.63) is 54.1 Å². The summed E-state index contributed by atoms with van der Waals surface area (Å²) in [4.78, 5) is 18.2. The molecule has 1 aliphatic rings. The van der Waals surface area contributed by atoms with Crippen LogP contribution in [0, 0.1) is 0 Å². The van der Waals surface area contributed by atoms with Crippen LogP contribution in [0.2, 0.25) is 0 Å². The minimum atomic E-state index is -0.224. The van der Waals surface area contributed by atoms with Crippen LogP contribution in [-0.2, 0) is 0 Å². The van der Waals surface area contributed by atoms with Gasteiger partial charge in [-0.1, -0.05) is 6.92 Å². The van der Waals surface area contributed by atoms with Crippen molar-refractivity contribution in [2.75, 3.05) is 18.4 Å². The number of nitrogens with zero attached hydrogens (tertiary/aromatic N) is 1. The van der Waals surface area contributed by atoms with Gasteiger partial charge in [-0.2, -0.15) is 0 Å². The van der Waals surface area contributed by atoms with Gasteiger partial charge < -0.3 is 19.6 Å². The van der Waals surface area contributed by atoms with Gasteiger partial charge in [-0.3, -0.25) is 4.79 Å². The largest absolute Gasteiger partial charge is 0.459 e. The Labute approximate surface area is 159 Å². The lowest BCUT2D eigenvalue weighted by atomic mass is 9.88. The molecule has 4 rings (SSSR count). The third-order valence-electron chi connectivity index (χ3n) is 5.90. The molecule has 27 heavy (non-hydrogen) atoms. The van der Waals surface area contributed by atoms with E-state index in [-0.39, 0.29) is 5.91 Å². The number of hydrogen-bond acceptors (Lipinski definition) is 3. The highest BCUT2D eigenvalue weighted by atomic mass is 16.3. The van der Waals surface area contributed by atoms with E-state index in [9.17, 15) is 4.79 Å². The number of likely N-dealkylation sites (tertiary alicyclic amines) is 1. The Hall–Kier alpha value is -2.53. The maximum atomic E-state index is 12.2. The van der Waals surface area contributed by atoms with Gasteiger partial charge >= 0.3 is 0 Å². The van der Waals surface area contributed by atoms with Crippen LogP contribution in [-0.4, -0.2) is 34.9 Å². The van der Waals surface area contributed by atoms with Gasteiger partial charge in [0.1, 0.15) is 0 Å². The van der Waals surface area contributed by atoms with Gasteiger partial charge in [0.05, 0.1) is 6.26 Å². The van der Waals surface area contributed by atoms with Crippen LogP contribution in [0.4, 0.5) is 5.69 Å². The van der Waals surface area contributed by atoms with Gasteiger partial charge in [0.25, 0.3) is 5.91 Å². The molecule has 5 nitrogen and oxygen atoms in total. The Kier molecular flexibility index (Phi) is 5.03. The number of benzene rings is 1. The van der Waals surface area contributed by atoms with Gasteiger partial charge in [0, 0.05) is 28.8 Å². The number of hydrogen-bond donors (Lipinski definition) is 2. The van der Waals surface area contributed by atoms with Crippen molar-refractivity contribution >= 4 is 22.5 Å². The molecule has 1 saturated heterocycles. The van der Waals surface area contributed by atoms with Crippen molar-refractivity contribution in [2.24, 2.45) is 0 Å². The number of nitrogens with one attached hydrogen (secondary N) is 2. The number of carbonyl (C=O) groups is 1. The third kappa shape index (κ3) is 3.65. The molecule has 0 spiro atoms. The summed E-state index contributed by atoms with van der Waals surface area (Å²) in [6.45, 7) is 6.89. The fraction of sp³-hybridized carbons (Fsp3) is 0.409. The third-order valence-corrected chi connectivity index (χ3v) is 5.90. The van der Waals surface area contributed by atoms with Gasteiger partial charge in [0.15, 0.2) is 5.76 Å². The van der Waals surface area contributed by atoms with E-state index in [0.29, 0.717) is 17.7 Å². The number of aromatic nitrogens is 1. The second-order valence-electron chi connectivity index (χ2n) is 7.50. The maximum absolute atomic E-state index is 12.2. The molecule has 5 heteroatoms. The highest BCUT2D eigenvalue weighted by Crippen LogP contribution is 2.35. The summed E-state index contributed by atoms with van der Waals surface area (Å²) in [7, 11) is 0. The average molecular weight is 365 g/mol. The van der Waals surface area contributed by atoms with Gasteiger partial charge in [0.2, 0.25) is 0 Å². The average Bonchev–Trinajstić information content (AvgIpc) is 3.37. The summed E-state index contributed by atoms with van der Waals surface area (Å²) in [6.07, 6.45) is 7.22. The van der Waals surface area contributed by atoms with Crippen molar-refractivity contribution in [1.29, 1.82) is 0 Å². The topological polar surface area (TPSA) is 61.3 Å². The number of fused-ring (bicyclic) bond motifs is 1. The Morgan fingerprint density at radius 3 is 2.85 bits per heavy atom. The normalized spacial score (nSPS) is 17.3. The zero-order valence-electron chi connectivity index (χ0n) is 16.0. The molecular formula is C22H27N3O2. The number of anilines is 1. The number of aromatic amines is 1. The predicted octanol–water partition coefficient (Wildman–Crippen LogP) is 4.99. The Morgan fingerprint density at radius 1 is 1.33 bits per heavy atom. The zero-order valence-corrected chi connectivity index (χ0v) is 16.0. The first-order valence-electron chi connectivity index (χ1n) is 9.85. The van der Waals surface area contributed by atoms with E-state index in [1.165, 1.54) is 36.5 Å². The van der Waals surface area contributed by atoms with E-state index in [4.69, 9.17) is 4.42 Å². The van der Waals surface area contributed by atoms with Crippen LogP contribution in [0.25, 0.3) is 10.9 Å². The van der Waals surface area contributed by atoms with E-state index < -0.39 is 0 Å². The molecule has 1 atom stereocenters. The molecule has 0 saturated carbocycles. The van der Waals surface area contributed by atoms with Crippen molar-refractivity contribution in [3.63, 3.8) is 0 Å². The van der Waals surface area contributed by atoms with Crippen LogP contribution in [0.5, 0.6) is 0 Å².